The Labute approximate surface area is 118 Å². The smallest absolute Gasteiger partial charge is 0.220 e. The first-order valence-corrected chi connectivity index (χ1v) is 7.10. The highest BCUT2D eigenvalue weighted by Gasteiger charge is 2.11. The summed E-state index contributed by atoms with van der Waals surface area (Å²) < 4.78 is 5.51. The molecule has 3 nitrogen and oxygen atoms in total. The molecule has 0 aliphatic heterocycles. The lowest BCUT2D eigenvalue weighted by atomic mass is 9.97. The average Bonchev–Trinajstić information content (AvgIpc) is 2.22. The largest absolute Gasteiger partial charge is 0.377 e. The number of allylic oxidation sites excluding steroid dienone is 1. The van der Waals surface area contributed by atoms with Crippen LogP contribution in [0.15, 0.2) is 12.2 Å². The summed E-state index contributed by atoms with van der Waals surface area (Å²) >= 11 is 0. The van der Waals surface area contributed by atoms with Gasteiger partial charge in [0.25, 0.3) is 0 Å². The molecule has 1 N–H and O–H groups in total. The van der Waals surface area contributed by atoms with Crippen molar-refractivity contribution in [1.82, 2.24) is 5.32 Å². The predicted molar refractivity (Wildman–Crippen MR) is 81.1 cm³/mol. The molecule has 0 aromatic heterocycles. The summed E-state index contributed by atoms with van der Waals surface area (Å²) in [5.74, 6) is 0.121. The third-order valence-electron chi connectivity index (χ3n) is 2.27. The molecule has 19 heavy (non-hydrogen) atoms. The molecule has 1 amide bonds. The lowest BCUT2D eigenvalue weighted by molar-refractivity contribution is -0.121. The average molecular weight is 269 g/mol. The lowest BCUT2D eigenvalue weighted by Crippen LogP contribution is -2.31. The van der Waals surface area contributed by atoms with Crippen molar-refractivity contribution in [1.29, 1.82) is 0 Å². The van der Waals surface area contributed by atoms with Gasteiger partial charge in [-0.05, 0) is 17.3 Å². The van der Waals surface area contributed by atoms with Crippen LogP contribution in [0, 0.1) is 10.8 Å². The summed E-state index contributed by atoms with van der Waals surface area (Å²) in [6.07, 6.45) is 5.32. The van der Waals surface area contributed by atoms with E-state index in [0.717, 1.165) is 19.6 Å². The maximum absolute atomic E-state index is 11.5. The molecule has 0 saturated heterocycles. The highest BCUT2D eigenvalue weighted by atomic mass is 16.5. The van der Waals surface area contributed by atoms with Crippen LogP contribution in [0.25, 0.3) is 0 Å². The fourth-order valence-corrected chi connectivity index (χ4v) is 1.29. The molecule has 0 bridgehead atoms. The SMILES string of the molecule is CC(C)(C)CNC(=O)CC/C=C\COCC(C)(C)C. The molecule has 0 spiro atoms. The van der Waals surface area contributed by atoms with Gasteiger partial charge in [0, 0.05) is 13.0 Å². The Morgan fingerprint density at radius 1 is 1.05 bits per heavy atom. The van der Waals surface area contributed by atoms with Gasteiger partial charge in [-0.2, -0.15) is 0 Å². The van der Waals surface area contributed by atoms with Crippen LogP contribution in [0.2, 0.25) is 0 Å². The van der Waals surface area contributed by atoms with Crippen LogP contribution in [-0.4, -0.2) is 25.7 Å². The van der Waals surface area contributed by atoms with Crippen LogP contribution in [0.4, 0.5) is 0 Å². The number of hydrogen-bond donors (Lipinski definition) is 1. The quantitative estimate of drug-likeness (QED) is 0.567. The Balaban J connectivity index is 3.55. The highest BCUT2D eigenvalue weighted by molar-refractivity contribution is 5.76. The van der Waals surface area contributed by atoms with Crippen molar-refractivity contribution in [2.75, 3.05) is 19.8 Å². The van der Waals surface area contributed by atoms with Crippen LogP contribution in [0.3, 0.4) is 0 Å². The summed E-state index contributed by atoms with van der Waals surface area (Å²) in [5.41, 5.74) is 0.354. The van der Waals surface area contributed by atoms with Crippen molar-refractivity contribution in [3.8, 4) is 0 Å². The molecule has 0 fully saturated rings. The normalized spacial score (nSPS) is 12.9. The number of rotatable bonds is 7. The molecule has 0 aliphatic rings. The van der Waals surface area contributed by atoms with Crippen molar-refractivity contribution in [2.24, 2.45) is 10.8 Å². The minimum absolute atomic E-state index is 0.121. The number of ether oxygens (including phenoxy) is 1. The Morgan fingerprint density at radius 3 is 2.21 bits per heavy atom. The van der Waals surface area contributed by atoms with E-state index in [1.54, 1.807) is 0 Å². The van der Waals surface area contributed by atoms with Gasteiger partial charge < -0.3 is 10.1 Å². The van der Waals surface area contributed by atoms with E-state index in [1.807, 2.05) is 12.2 Å². The van der Waals surface area contributed by atoms with E-state index < -0.39 is 0 Å². The van der Waals surface area contributed by atoms with Crippen LogP contribution in [0.5, 0.6) is 0 Å². The zero-order valence-electron chi connectivity index (χ0n) is 13.5. The number of carbonyl (C=O) groups is 1. The van der Waals surface area contributed by atoms with Crippen molar-refractivity contribution < 1.29 is 9.53 Å². The van der Waals surface area contributed by atoms with E-state index >= 15 is 0 Å². The van der Waals surface area contributed by atoms with Gasteiger partial charge >= 0.3 is 0 Å². The summed E-state index contributed by atoms with van der Waals surface area (Å²) in [5, 5.41) is 2.94. The first-order chi connectivity index (χ1) is 8.60. The molecule has 0 rings (SSSR count). The Hall–Kier alpha value is -0.830. The Kier molecular flexibility index (Phi) is 8.00. The van der Waals surface area contributed by atoms with Gasteiger partial charge in [-0.25, -0.2) is 0 Å². The zero-order valence-corrected chi connectivity index (χ0v) is 13.5. The molecule has 0 radical (unpaired) electrons. The van der Waals surface area contributed by atoms with E-state index in [0.29, 0.717) is 13.0 Å². The summed E-state index contributed by atoms with van der Waals surface area (Å²) in [6.45, 7) is 14.9. The third kappa shape index (κ3) is 15.1. The van der Waals surface area contributed by atoms with Crippen molar-refractivity contribution in [3.63, 3.8) is 0 Å². The van der Waals surface area contributed by atoms with Crippen molar-refractivity contribution in [2.45, 2.75) is 54.4 Å². The van der Waals surface area contributed by atoms with Gasteiger partial charge in [-0.15, -0.1) is 0 Å². The van der Waals surface area contributed by atoms with E-state index in [2.05, 4.69) is 46.9 Å². The molecule has 0 unspecified atom stereocenters. The van der Waals surface area contributed by atoms with Crippen molar-refractivity contribution in [3.05, 3.63) is 12.2 Å². The number of hydrogen-bond acceptors (Lipinski definition) is 2. The predicted octanol–water partition coefficient (Wildman–Crippen LogP) is 3.55. The molecular formula is C16H31NO2. The summed E-state index contributed by atoms with van der Waals surface area (Å²) in [4.78, 5) is 11.5. The van der Waals surface area contributed by atoms with Crippen molar-refractivity contribution >= 4 is 5.91 Å². The van der Waals surface area contributed by atoms with Gasteiger partial charge in [-0.1, -0.05) is 53.7 Å². The second kappa shape index (κ2) is 8.36. The number of amides is 1. The molecule has 0 aromatic carbocycles. The van der Waals surface area contributed by atoms with Crippen LogP contribution < -0.4 is 5.32 Å². The Morgan fingerprint density at radius 2 is 1.68 bits per heavy atom. The highest BCUT2D eigenvalue weighted by Crippen LogP contribution is 2.12. The number of nitrogens with one attached hydrogen (secondary N) is 1. The molecule has 0 aromatic rings. The van der Waals surface area contributed by atoms with Gasteiger partial charge in [0.1, 0.15) is 0 Å². The molecule has 3 heteroatoms. The monoisotopic (exact) mass is 269 g/mol. The first kappa shape index (κ1) is 18.2. The van der Waals surface area contributed by atoms with E-state index in [1.165, 1.54) is 0 Å². The maximum atomic E-state index is 11.5. The minimum Gasteiger partial charge on any atom is -0.377 e. The molecule has 0 saturated carbocycles. The number of carbonyl (C=O) groups excluding carboxylic acids is 1. The Bertz CT molecular complexity index is 282. The lowest BCUT2D eigenvalue weighted by Gasteiger charge is -2.18. The second-order valence-electron chi connectivity index (χ2n) is 7.42. The van der Waals surface area contributed by atoms with E-state index in [4.69, 9.17) is 4.74 Å². The molecule has 112 valence electrons. The maximum Gasteiger partial charge on any atom is 0.220 e. The molecular weight excluding hydrogens is 238 g/mol. The topological polar surface area (TPSA) is 38.3 Å². The van der Waals surface area contributed by atoms with E-state index in [-0.39, 0.29) is 16.7 Å². The molecule has 0 atom stereocenters. The molecule has 0 aliphatic carbocycles. The molecule has 0 heterocycles. The fourth-order valence-electron chi connectivity index (χ4n) is 1.29. The van der Waals surface area contributed by atoms with Gasteiger partial charge in [0.15, 0.2) is 0 Å². The van der Waals surface area contributed by atoms with E-state index in [9.17, 15) is 4.79 Å². The summed E-state index contributed by atoms with van der Waals surface area (Å²) in [7, 11) is 0. The minimum atomic E-state index is 0.121. The van der Waals surface area contributed by atoms with Gasteiger partial charge in [-0.3, -0.25) is 4.79 Å². The van der Waals surface area contributed by atoms with Crippen LogP contribution in [0.1, 0.15) is 54.4 Å². The standard InChI is InChI=1S/C16H31NO2/c1-15(2,3)12-17-14(18)10-8-7-9-11-19-13-16(4,5)6/h7,9H,8,10-13H2,1-6H3,(H,17,18)/b9-7-. The van der Waals surface area contributed by atoms with Crippen LogP contribution >= 0.6 is 0 Å². The van der Waals surface area contributed by atoms with Gasteiger partial charge in [0.2, 0.25) is 5.91 Å². The van der Waals surface area contributed by atoms with Crippen LogP contribution in [-0.2, 0) is 9.53 Å². The summed E-state index contributed by atoms with van der Waals surface area (Å²) in [6, 6.07) is 0. The zero-order chi connectivity index (χ0) is 14.9. The van der Waals surface area contributed by atoms with Gasteiger partial charge in [0.05, 0.1) is 13.2 Å². The second-order valence-corrected chi connectivity index (χ2v) is 7.42. The fraction of sp³-hybridized carbons (Fsp3) is 0.812. The first-order valence-electron chi connectivity index (χ1n) is 7.10. The third-order valence-corrected chi connectivity index (χ3v) is 2.27.